The molecule has 4 N–H and O–H groups in total. The van der Waals surface area contributed by atoms with Crippen LogP contribution in [-0.2, 0) is 10.0 Å². The highest BCUT2D eigenvalue weighted by molar-refractivity contribution is 7.89. The summed E-state index contributed by atoms with van der Waals surface area (Å²) in [4.78, 5) is 21.4. The van der Waals surface area contributed by atoms with Gasteiger partial charge in [0.2, 0.25) is 16.0 Å². The van der Waals surface area contributed by atoms with Crippen LogP contribution in [-0.4, -0.2) is 24.3 Å². The molecule has 4 aromatic rings. The number of carbonyl (C=O) groups excluding carboxylic acids is 1. The third-order valence-corrected chi connectivity index (χ3v) is 6.04. The molecule has 0 aliphatic carbocycles. The number of hydrogen-bond acceptors (Lipinski definition) is 7. The first-order valence-corrected chi connectivity index (χ1v) is 11.5. The van der Waals surface area contributed by atoms with Gasteiger partial charge in [0.05, 0.1) is 15.5 Å². The number of thiophene rings is 1. The summed E-state index contributed by atoms with van der Waals surface area (Å²) in [6.07, 6.45) is 1.60. The third kappa shape index (κ3) is 5.12. The second kappa shape index (κ2) is 8.64. The number of nitrogens with two attached hydrogens (primary N) is 1. The van der Waals surface area contributed by atoms with Gasteiger partial charge in [-0.05, 0) is 47.8 Å². The Kier molecular flexibility index (Phi) is 5.76. The van der Waals surface area contributed by atoms with Crippen molar-refractivity contribution in [3.8, 4) is 11.3 Å². The zero-order valence-electron chi connectivity index (χ0n) is 16.0. The zero-order chi connectivity index (χ0) is 21.8. The molecule has 0 radical (unpaired) electrons. The second-order valence-corrected chi connectivity index (χ2v) is 8.98. The fourth-order valence-corrected chi connectivity index (χ4v) is 3.96. The SMILES string of the molecule is NS(=O)(=O)c1cccc(Nc2nccc(-c3ccc(NC(=O)c4cccs4)cc3)n2)c1. The minimum absolute atomic E-state index is 0.00570. The van der Waals surface area contributed by atoms with E-state index in [1.54, 1.807) is 42.6 Å². The summed E-state index contributed by atoms with van der Waals surface area (Å²) in [5, 5.41) is 12.9. The van der Waals surface area contributed by atoms with E-state index >= 15 is 0 Å². The number of nitrogens with zero attached hydrogens (tertiary/aromatic N) is 2. The first-order valence-electron chi connectivity index (χ1n) is 9.07. The van der Waals surface area contributed by atoms with Crippen molar-refractivity contribution < 1.29 is 13.2 Å². The number of anilines is 3. The predicted molar refractivity (Wildman–Crippen MR) is 121 cm³/mol. The summed E-state index contributed by atoms with van der Waals surface area (Å²) in [6.45, 7) is 0. The maximum absolute atomic E-state index is 12.2. The number of hydrogen-bond donors (Lipinski definition) is 3. The summed E-state index contributed by atoms with van der Waals surface area (Å²) in [6, 6.07) is 18.7. The Hall–Kier alpha value is -3.60. The van der Waals surface area contributed by atoms with Crippen LogP contribution < -0.4 is 15.8 Å². The van der Waals surface area contributed by atoms with Gasteiger partial charge in [-0.2, -0.15) is 0 Å². The van der Waals surface area contributed by atoms with E-state index in [1.807, 2.05) is 23.6 Å². The number of nitrogens with one attached hydrogen (secondary N) is 2. The average molecular weight is 452 g/mol. The number of aromatic nitrogens is 2. The highest BCUT2D eigenvalue weighted by Gasteiger charge is 2.10. The molecule has 156 valence electrons. The second-order valence-electron chi connectivity index (χ2n) is 6.47. The standard InChI is InChI=1S/C21H17N5O3S2/c22-31(28,29)17-4-1-3-16(13-17)25-21-23-11-10-18(26-21)14-6-8-15(9-7-14)24-20(27)19-5-2-12-30-19/h1-13H,(H,24,27)(H2,22,28,29)(H,23,25,26). The van der Waals surface area contributed by atoms with Gasteiger partial charge < -0.3 is 10.6 Å². The van der Waals surface area contributed by atoms with Crippen LogP contribution in [0.2, 0.25) is 0 Å². The Labute approximate surface area is 182 Å². The topological polar surface area (TPSA) is 127 Å². The van der Waals surface area contributed by atoms with Gasteiger partial charge in [-0.25, -0.2) is 23.5 Å². The maximum atomic E-state index is 12.2. The lowest BCUT2D eigenvalue weighted by Gasteiger charge is -2.09. The van der Waals surface area contributed by atoms with Crippen LogP contribution in [0.4, 0.5) is 17.3 Å². The Morgan fingerprint density at radius 3 is 2.48 bits per heavy atom. The van der Waals surface area contributed by atoms with Crippen LogP contribution in [0.1, 0.15) is 9.67 Å². The Morgan fingerprint density at radius 2 is 1.77 bits per heavy atom. The van der Waals surface area contributed by atoms with Crippen LogP contribution in [0.25, 0.3) is 11.3 Å². The molecule has 0 aliphatic rings. The first-order chi connectivity index (χ1) is 14.9. The van der Waals surface area contributed by atoms with E-state index in [9.17, 15) is 13.2 Å². The minimum Gasteiger partial charge on any atom is -0.324 e. The van der Waals surface area contributed by atoms with Crippen LogP contribution in [0, 0.1) is 0 Å². The van der Waals surface area contributed by atoms with Gasteiger partial charge >= 0.3 is 0 Å². The van der Waals surface area contributed by atoms with E-state index in [4.69, 9.17) is 5.14 Å². The molecule has 0 bridgehead atoms. The largest absolute Gasteiger partial charge is 0.324 e. The van der Waals surface area contributed by atoms with Crippen molar-refractivity contribution in [2.75, 3.05) is 10.6 Å². The van der Waals surface area contributed by atoms with Crippen molar-refractivity contribution in [2.45, 2.75) is 4.90 Å². The van der Waals surface area contributed by atoms with Crippen LogP contribution in [0.15, 0.2) is 83.2 Å². The molecule has 0 saturated carbocycles. The molecule has 1 amide bonds. The predicted octanol–water partition coefficient (Wildman–Crippen LogP) is 3.85. The molecule has 0 aliphatic heterocycles. The lowest BCUT2D eigenvalue weighted by molar-refractivity contribution is 0.103. The first kappa shape index (κ1) is 20.7. The quantitative estimate of drug-likeness (QED) is 0.409. The number of sulfonamides is 1. The molecular formula is C21H17N5O3S2. The lowest BCUT2D eigenvalue weighted by atomic mass is 10.1. The molecule has 2 aromatic heterocycles. The molecule has 31 heavy (non-hydrogen) atoms. The molecule has 0 spiro atoms. The zero-order valence-corrected chi connectivity index (χ0v) is 17.7. The molecule has 0 atom stereocenters. The van der Waals surface area contributed by atoms with Crippen molar-refractivity contribution in [1.29, 1.82) is 0 Å². The number of carbonyl (C=O) groups is 1. The van der Waals surface area contributed by atoms with Gasteiger partial charge in [-0.15, -0.1) is 11.3 Å². The van der Waals surface area contributed by atoms with Crippen molar-refractivity contribution in [1.82, 2.24) is 9.97 Å². The van der Waals surface area contributed by atoms with Crippen LogP contribution in [0.5, 0.6) is 0 Å². The third-order valence-electron chi connectivity index (χ3n) is 4.26. The number of benzene rings is 2. The molecule has 2 aromatic carbocycles. The van der Waals surface area contributed by atoms with E-state index in [0.29, 0.717) is 27.9 Å². The fraction of sp³-hybridized carbons (Fsp3) is 0. The highest BCUT2D eigenvalue weighted by atomic mass is 32.2. The monoisotopic (exact) mass is 451 g/mol. The van der Waals surface area contributed by atoms with Crippen molar-refractivity contribution in [3.63, 3.8) is 0 Å². The number of rotatable bonds is 6. The Morgan fingerprint density at radius 1 is 0.968 bits per heavy atom. The molecule has 4 rings (SSSR count). The lowest BCUT2D eigenvalue weighted by Crippen LogP contribution is -2.12. The molecule has 0 saturated heterocycles. The van der Waals surface area contributed by atoms with Gasteiger partial charge in [0.15, 0.2) is 0 Å². The van der Waals surface area contributed by atoms with E-state index < -0.39 is 10.0 Å². The van der Waals surface area contributed by atoms with Crippen LogP contribution in [0.3, 0.4) is 0 Å². The summed E-state index contributed by atoms with van der Waals surface area (Å²) in [5.41, 5.74) is 2.67. The van der Waals surface area contributed by atoms with E-state index in [2.05, 4.69) is 20.6 Å². The van der Waals surface area contributed by atoms with Crippen molar-refractivity contribution in [2.24, 2.45) is 5.14 Å². The van der Waals surface area contributed by atoms with Gasteiger partial charge in [0.1, 0.15) is 0 Å². The summed E-state index contributed by atoms with van der Waals surface area (Å²) < 4.78 is 23.1. The summed E-state index contributed by atoms with van der Waals surface area (Å²) in [7, 11) is -3.81. The highest BCUT2D eigenvalue weighted by Crippen LogP contribution is 2.23. The number of primary sulfonamides is 1. The summed E-state index contributed by atoms with van der Waals surface area (Å²) in [5.74, 6) is 0.150. The fourth-order valence-electron chi connectivity index (χ4n) is 2.78. The van der Waals surface area contributed by atoms with Gasteiger partial charge in [-0.3, -0.25) is 4.79 Å². The average Bonchev–Trinajstić information content (AvgIpc) is 3.29. The molecule has 0 fully saturated rings. The summed E-state index contributed by atoms with van der Waals surface area (Å²) >= 11 is 1.38. The van der Waals surface area contributed by atoms with E-state index in [0.717, 1.165) is 5.56 Å². The van der Waals surface area contributed by atoms with Crippen molar-refractivity contribution >= 4 is 44.6 Å². The smallest absolute Gasteiger partial charge is 0.265 e. The number of amides is 1. The molecule has 8 nitrogen and oxygen atoms in total. The minimum atomic E-state index is -3.81. The molecule has 2 heterocycles. The molecule has 10 heteroatoms. The van der Waals surface area contributed by atoms with E-state index in [1.165, 1.54) is 23.5 Å². The Bertz CT molecular complexity index is 1320. The van der Waals surface area contributed by atoms with Gasteiger partial charge in [-0.1, -0.05) is 24.3 Å². The maximum Gasteiger partial charge on any atom is 0.265 e. The van der Waals surface area contributed by atoms with Gasteiger partial charge in [0, 0.05) is 23.1 Å². The van der Waals surface area contributed by atoms with Gasteiger partial charge in [0.25, 0.3) is 5.91 Å². The van der Waals surface area contributed by atoms with Crippen molar-refractivity contribution in [3.05, 3.63) is 83.2 Å². The molecule has 0 unspecified atom stereocenters. The normalized spacial score (nSPS) is 11.1. The van der Waals surface area contributed by atoms with Crippen LogP contribution >= 0.6 is 11.3 Å². The molecular weight excluding hydrogens is 434 g/mol. The Balaban J connectivity index is 1.50. The van der Waals surface area contributed by atoms with E-state index in [-0.39, 0.29) is 10.8 Å².